The maximum Gasteiger partial charge on any atom is 0.238 e. The van der Waals surface area contributed by atoms with Gasteiger partial charge in [-0.25, -0.2) is 4.39 Å². The van der Waals surface area contributed by atoms with E-state index in [2.05, 4.69) is 24.1 Å². The summed E-state index contributed by atoms with van der Waals surface area (Å²) in [6.45, 7) is 5.48. The number of nitrogens with zero attached hydrogens (tertiary/aromatic N) is 1. The first kappa shape index (κ1) is 13.8. The van der Waals surface area contributed by atoms with E-state index in [4.69, 9.17) is 5.73 Å². The van der Waals surface area contributed by atoms with Gasteiger partial charge in [-0.15, -0.1) is 0 Å². The van der Waals surface area contributed by atoms with E-state index >= 15 is 0 Å². The SMILES string of the molecule is CC1(C)CCCN1CC(=O)Nc1cc(F)ccc1N. The van der Waals surface area contributed by atoms with E-state index in [9.17, 15) is 9.18 Å². The average molecular weight is 265 g/mol. The molecule has 1 amide bonds. The van der Waals surface area contributed by atoms with Gasteiger partial charge in [0.15, 0.2) is 0 Å². The number of carbonyl (C=O) groups excluding carboxylic acids is 1. The van der Waals surface area contributed by atoms with Crippen LogP contribution in [0.3, 0.4) is 0 Å². The third-order valence-electron chi connectivity index (χ3n) is 3.70. The van der Waals surface area contributed by atoms with Crippen LogP contribution in [0.15, 0.2) is 18.2 Å². The Balaban J connectivity index is 2.00. The van der Waals surface area contributed by atoms with Crippen molar-refractivity contribution in [3.05, 3.63) is 24.0 Å². The van der Waals surface area contributed by atoms with Gasteiger partial charge in [-0.1, -0.05) is 0 Å². The molecule has 1 aliphatic heterocycles. The first-order valence-corrected chi connectivity index (χ1v) is 6.48. The van der Waals surface area contributed by atoms with Crippen molar-refractivity contribution in [2.45, 2.75) is 32.2 Å². The van der Waals surface area contributed by atoms with Gasteiger partial charge in [0.25, 0.3) is 0 Å². The van der Waals surface area contributed by atoms with E-state index in [0.717, 1.165) is 19.4 Å². The lowest BCUT2D eigenvalue weighted by Crippen LogP contribution is -2.43. The minimum atomic E-state index is -0.411. The Kier molecular flexibility index (Phi) is 3.75. The Bertz CT molecular complexity index is 488. The van der Waals surface area contributed by atoms with Crippen molar-refractivity contribution in [3.8, 4) is 0 Å². The molecule has 19 heavy (non-hydrogen) atoms. The topological polar surface area (TPSA) is 58.4 Å². The molecule has 1 aliphatic rings. The van der Waals surface area contributed by atoms with Gasteiger partial charge in [0.05, 0.1) is 17.9 Å². The molecule has 1 saturated heterocycles. The van der Waals surface area contributed by atoms with Gasteiger partial charge in [-0.2, -0.15) is 0 Å². The Hall–Kier alpha value is -1.62. The van der Waals surface area contributed by atoms with Crippen LogP contribution in [0, 0.1) is 5.82 Å². The number of carbonyl (C=O) groups is 1. The Morgan fingerprint density at radius 1 is 1.53 bits per heavy atom. The van der Waals surface area contributed by atoms with Crippen molar-refractivity contribution in [1.82, 2.24) is 4.90 Å². The molecule has 3 N–H and O–H groups in total. The standard InChI is InChI=1S/C14H20FN3O/c1-14(2)6-3-7-18(14)9-13(19)17-12-8-10(15)4-5-11(12)16/h4-5,8H,3,6-7,9,16H2,1-2H3,(H,17,19). The molecule has 0 saturated carbocycles. The second kappa shape index (κ2) is 5.17. The fraction of sp³-hybridized carbons (Fsp3) is 0.500. The summed E-state index contributed by atoms with van der Waals surface area (Å²) in [5.41, 5.74) is 6.46. The number of benzene rings is 1. The van der Waals surface area contributed by atoms with Crippen molar-refractivity contribution in [2.24, 2.45) is 0 Å². The number of nitrogens with one attached hydrogen (secondary N) is 1. The molecule has 1 aromatic carbocycles. The zero-order chi connectivity index (χ0) is 14.0. The zero-order valence-corrected chi connectivity index (χ0v) is 11.4. The summed E-state index contributed by atoms with van der Waals surface area (Å²) in [6.07, 6.45) is 2.19. The van der Waals surface area contributed by atoms with Gasteiger partial charge < -0.3 is 11.1 Å². The van der Waals surface area contributed by atoms with Gasteiger partial charge in [-0.3, -0.25) is 9.69 Å². The number of hydrogen-bond donors (Lipinski definition) is 2. The summed E-state index contributed by atoms with van der Waals surface area (Å²) >= 11 is 0. The monoisotopic (exact) mass is 265 g/mol. The van der Waals surface area contributed by atoms with Crippen LogP contribution in [0.4, 0.5) is 15.8 Å². The molecule has 104 valence electrons. The van der Waals surface area contributed by atoms with Crippen molar-refractivity contribution in [2.75, 3.05) is 24.1 Å². The van der Waals surface area contributed by atoms with Gasteiger partial charge in [-0.05, 0) is 51.4 Å². The van der Waals surface area contributed by atoms with Crippen LogP contribution < -0.4 is 11.1 Å². The second-order valence-electron chi connectivity index (χ2n) is 5.62. The maximum atomic E-state index is 13.1. The van der Waals surface area contributed by atoms with Crippen LogP contribution in [0.25, 0.3) is 0 Å². The Morgan fingerprint density at radius 2 is 2.26 bits per heavy atom. The quantitative estimate of drug-likeness (QED) is 0.824. The van der Waals surface area contributed by atoms with Crippen molar-refractivity contribution in [1.29, 1.82) is 0 Å². The molecule has 5 heteroatoms. The van der Waals surface area contributed by atoms with E-state index < -0.39 is 5.82 Å². The molecular weight excluding hydrogens is 245 g/mol. The molecule has 1 fully saturated rings. The minimum absolute atomic E-state index is 0.0465. The summed E-state index contributed by atoms with van der Waals surface area (Å²) in [6, 6.07) is 3.96. The number of anilines is 2. The molecule has 0 aromatic heterocycles. The van der Waals surface area contributed by atoms with Crippen LogP contribution in [0.5, 0.6) is 0 Å². The highest BCUT2D eigenvalue weighted by molar-refractivity contribution is 5.95. The van der Waals surface area contributed by atoms with Crippen molar-refractivity contribution < 1.29 is 9.18 Å². The Labute approximate surface area is 112 Å². The van der Waals surface area contributed by atoms with Gasteiger partial charge in [0.2, 0.25) is 5.91 Å². The number of nitrogen functional groups attached to an aromatic ring is 1. The number of nitrogens with two attached hydrogens (primary N) is 1. The van der Waals surface area contributed by atoms with Gasteiger partial charge in [0, 0.05) is 5.54 Å². The third-order valence-corrected chi connectivity index (χ3v) is 3.70. The maximum absolute atomic E-state index is 13.1. The molecule has 0 unspecified atom stereocenters. The highest BCUT2D eigenvalue weighted by atomic mass is 19.1. The third kappa shape index (κ3) is 3.23. The highest BCUT2D eigenvalue weighted by Gasteiger charge is 2.32. The Morgan fingerprint density at radius 3 is 2.89 bits per heavy atom. The minimum Gasteiger partial charge on any atom is -0.397 e. The van der Waals surface area contributed by atoms with E-state index in [1.807, 2.05) is 0 Å². The van der Waals surface area contributed by atoms with Crippen LogP contribution >= 0.6 is 0 Å². The summed E-state index contributed by atoms with van der Waals surface area (Å²) in [4.78, 5) is 14.1. The first-order chi connectivity index (χ1) is 8.88. The number of likely N-dealkylation sites (tertiary alicyclic amines) is 1. The lowest BCUT2D eigenvalue weighted by Gasteiger charge is -2.30. The van der Waals surface area contributed by atoms with Crippen LogP contribution in [-0.2, 0) is 4.79 Å². The second-order valence-corrected chi connectivity index (χ2v) is 5.62. The van der Waals surface area contributed by atoms with Gasteiger partial charge >= 0.3 is 0 Å². The lowest BCUT2D eigenvalue weighted by molar-refractivity contribution is -0.118. The molecule has 0 atom stereocenters. The van der Waals surface area contributed by atoms with E-state index in [-0.39, 0.29) is 11.4 Å². The number of hydrogen-bond acceptors (Lipinski definition) is 3. The van der Waals surface area contributed by atoms with Crippen molar-refractivity contribution in [3.63, 3.8) is 0 Å². The van der Waals surface area contributed by atoms with E-state index in [0.29, 0.717) is 17.9 Å². The molecule has 0 aliphatic carbocycles. The molecule has 1 aromatic rings. The summed E-state index contributed by atoms with van der Waals surface area (Å²) in [5, 5.41) is 2.67. The predicted octanol–water partition coefficient (Wildman–Crippen LogP) is 2.22. The lowest BCUT2D eigenvalue weighted by atomic mass is 10.0. The van der Waals surface area contributed by atoms with Crippen LogP contribution in [0.1, 0.15) is 26.7 Å². The fourth-order valence-electron chi connectivity index (χ4n) is 2.46. The predicted molar refractivity (Wildman–Crippen MR) is 74.3 cm³/mol. The average Bonchev–Trinajstić information content (AvgIpc) is 2.63. The molecular formula is C14H20FN3O. The molecule has 0 radical (unpaired) electrons. The van der Waals surface area contributed by atoms with Crippen LogP contribution in [-0.4, -0.2) is 29.4 Å². The zero-order valence-electron chi connectivity index (χ0n) is 11.4. The fourth-order valence-corrected chi connectivity index (χ4v) is 2.46. The largest absolute Gasteiger partial charge is 0.397 e. The summed E-state index contributed by atoms with van der Waals surface area (Å²) in [5.74, 6) is -0.571. The van der Waals surface area contributed by atoms with Crippen LogP contribution in [0.2, 0.25) is 0 Å². The molecule has 0 spiro atoms. The molecule has 0 bridgehead atoms. The number of halogens is 1. The number of amides is 1. The number of rotatable bonds is 3. The summed E-state index contributed by atoms with van der Waals surface area (Å²) < 4.78 is 13.1. The normalized spacial score (nSPS) is 18.5. The molecule has 4 nitrogen and oxygen atoms in total. The van der Waals surface area contributed by atoms with Gasteiger partial charge in [0.1, 0.15) is 5.82 Å². The van der Waals surface area contributed by atoms with Crippen molar-refractivity contribution >= 4 is 17.3 Å². The summed E-state index contributed by atoms with van der Waals surface area (Å²) in [7, 11) is 0. The smallest absolute Gasteiger partial charge is 0.238 e. The van der Waals surface area contributed by atoms with E-state index in [1.165, 1.54) is 18.2 Å². The first-order valence-electron chi connectivity index (χ1n) is 6.48. The van der Waals surface area contributed by atoms with E-state index in [1.54, 1.807) is 0 Å². The molecule has 2 rings (SSSR count). The molecule has 1 heterocycles. The highest BCUT2D eigenvalue weighted by Crippen LogP contribution is 2.28.